The molecule has 0 spiro atoms. The van der Waals surface area contributed by atoms with E-state index in [9.17, 15) is 13.5 Å². The van der Waals surface area contributed by atoms with Crippen LogP contribution in [0.1, 0.15) is 6.92 Å². The Labute approximate surface area is 70.8 Å². The van der Waals surface area contributed by atoms with Crippen molar-refractivity contribution in [1.29, 1.82) is 0 Å². The van der Waals surface area contributed by atoms with Crippen LogP contribution in [0, 0.1) is 0 Å². The van der Waals surface area contributed by atoms with E-state index >= 15 is 0 Å². The van der Waals surface area contributed by atoms with Gasteiger partial charge in [-0.25, -0.2) is 13.5 Å². The molecule has 12 heavy (non-hydrogen) atoms. The number of nitrogens with zero attached hydrogens (tertiary/aromatic N) is 1. The van der Waals surface area contributed by atoms with Gasteiger partial charge in [-0.2, -0.15) is 0 Å². The van der Waals surface area contributed by atoms with Gasteiger partial charge < -0.3 is 0 Å². The van der Waals surface area contributed by atoms with Gasteiger partial charge >= 0.3 is 0 Å². The molecule has 1 aromatic rings. The predicted molar refractivity (Wildman–Crippen MR) is 41.6 cm³/mol. The second kappa shape index (κ2) is 3.20. The Morgan fingerprint density at radius 3 is 2.25 bits per heavy atom. The topological polar surface area (TPSA) is 66.9 Å². The molecule has 1 heterocycles. The van der Waals surface area contributed by atoms with E-state index in [1.807, 2.05) is 0 Å². The molecule has 0 N–H and O–H groups in total. The van der Waals surface area contributed by atoms with Crippen LogP contribution in [-0.4, -0.2) is 18.8 Å². The highest BCUT2D eigenvalue weighted by Crippen LogP contribution is 2.12. The molecule has 1 atom stereocenters. The van der Waals surface area contributed by atoms with E-state index in [1.165, 1.54) is 24.5 Å². The van der Waals surface area contributed by atoms with Crippen LogP contribution < -0.4 is 0 Å². The molecule has 0 aliphatic carbocycles. The minimum Gasteiger partial charge on any atom is -0.265 e. The van der Waals surface area contributed by atoms with E-state index in [0.29, 0.717) is 0 Å². The standard InChI is InChI=1S/C7H8NO3S/c1-6(9)12(10,11)7-2-4-8-5-3-7/h2-6H,1H3. The Kier molecular flexibility index (Phi) is 2.44. The predicted octanol–water partition coefficient (Wildman–Crippen LogP) is 0.632. The first kappa shape index (κ1) is 9.15. The molecule has 4 nitrogen and oxygen atoms in total. The Bertz CT molecular complexity index is 344. The van der Waals surface area contributed by atoms with Crippen molar-refractivity contribution in [1.82, 2.24) is 4.98 Å². The summed E-state index contributed by atoms with van der Waals surface area (Å²) in [7, 11) is -3.67. The van der Waals surface area contributed by atoms with Crippen LogP contribution in [0.25, 0.3) is 0 Å². The third-order valence-electron chi connectivity index (χ3n) is 1.42. The average molecular weight is 186 g/mol. The molecule has 0 aliphatic heterocycles. The maximum Gasteiger partial charge on any atom is 0.208 e. The van der Waals surface area contributed by atoms with Crippen molar-refractivity contribution in [2.45, 2.75) is 17.3 Å². The first-order valence-corrected chi connectivity index (χ1v) is 4.89. The van der Waals surface area contributed by atoms with Crippen molar-refractivity contribution in [2.24, 2.45) is 0 Å². The first-order chi connectivity index (χ1) is 5.55. The summed E-state index contributed by atoms with van der Waals surface area (Å²) in [4.78, 5) is 3.68. The highest BCUT2D eigenvalue weighted by Gasteiger charge is 2.21. The molecule has 65 valence electrons. The Balaban J connectivity index is 3.17. The van der Waals surface area contributed by atoms with Crippen molar-refractivity contribution in [2.75, 3.05) is 0 Å². The lowest BCUT2D eigenvalue weighted by molar-refractivity contribution is 0.170. The number of sulfone groups is 1. The molecule has 0 bridgehead atoms. The Hall–Kier alpha value is -0.940. The molecule has 1 radical (unpaired) electrons. The van der Waals surface area contributed by atoms with Crippen LogP contribution in [0.5, 0.6) is 0 Å². The number of pyridine rings is 1. The lowest BCUT2D eigenvalue weighted by Crippen LogP contribution is -2.15. The number of hydrogen-bond donors (Lipinski definition) is 0. The van der Waals surface area contributed by atoms with E-state index in [4.69, 9.17) is 0 Å². The zero-order chi connectivity index (χ0) is 9.19. The molecule has 0 fully saturated rings. The first-order valence-electron chi connectivity index (χ1n) is 3.35. The summed E-state index contributed by atoms with van der Waals surface area (Å²) in [5, 5.41) is 10.7. The Morgan fingerprint density at radius 2 is 1.83 bits per heavy atom. The molecule has 0 amide bonds. The van der Waals surface area contributed by atoms with Gasteiger partial charge in [-0.1, -0.05) is 0 Å². The molecule has 1 aromatic heterocycles. The minimum absolute atomic E-state index is 0.0278. The fourth-order valence-corrected chi connectivity index (χ4v) is 1.60. The molecular weight excluding hydrogens is 178 g/mol. The third-order valence-corrected chi connectivity index (χ3v) is 3.22. The van der Waals surface area contributed by atoms with Crippen molar-refractivity contribution < 1.29 is 13.5 Å². The zero-order valence-corrected chi connectivity index (χ0v) is 7.28. The van der Waals surface area contributed by atoms with E-state index in [-0.39, 0.29) is 4.90 Å². The van der Waals surface area contributed by atoms with Gasteiger partial charge in [0.1, 0.15) is 0 Å². The summed E-state index contributed by atoms with van der Waals surface area (Å²) in [5.41, 5.74) is -1.63. The second-order valence-corrected chi connectivity index (χ2v) is 4.52. The van der Waals surface area contributed by atoms with Crippen LogP contribution in [0.3, 0.4) is 0 Å². The summed E-state index contributed by atoms with van der Waals surface area (Å²) in [6.45, 7) is 1.11. The Morgan fingerprint density at radius 1 is 1.33 bits per heavy atom. The molecule has 0 saturated carbocycles. The van der Waals surface area contributed by atoms with Crippen molar-refractivity contribution >= 4 is 9.84 Å². The second-order valence-electron chi connectivity index (χ2n) is 2.30. The fraction of sp³-hybridized carbons (Fsp3) is 0.286. The van der Waals surface area contributed by atoms with Crippen molar-refractivity contribution in [3.8, 4) is 0 Å². The van der Waals surface area contributed by atoms with Gasteiger partial charge in [0.15, 0.2) is 5.44 Å². The summed E-state index contributed by atoms with van der Waals surface area (Å²) >= 11 is 0. The molecule has 1 rings (SSSR count). The van der Waals surface area contributed by atoms with E-state index in [1.54, 1.807) is 0 Å². The fourth-order valence-electron chi connectivity index (χ4n) is 0.720. The van der Waals surface area contributed by atoms with Crippen LogP contribution in [0.4, 0.5) is 0 Å². The largest absolute Gasteiger partial charge is 0.265 e. The van der Waals surface area contributed by atoms with Gasteiger partial charge in [-0.05, 0) is 19.1 Å². The third kappa shape index (κ3) is 1.62. The van der Waals surface area contributed by atoms with Gasteiger partial charge in [0.25, 0.3) is 0 Å². The monoisotopic (exact) mass is 186 g/mol. The van der Waals surface area contributed by atoms with E-state index in [0.717, 1.165) is 6.92 Å². The normalized spacial score (nSPS) is 14.2. The smallest absolute Gasteiger partial charge is 0.208 e. The summed E-state index contributed by atoms with van der Waals surface area (Å²) in [6, 6.07) is 2.62. The van der Waals surface area contributed by atoms with Crippen LogP contribution in [-0.2, 0) is 14.9 Å². The van der Waals surface area contributed by atoms with Gasteiger partial charge in [0, 0.05) is 12.4 Å². The maximum absolute atomic E-state index is 11.2. The van der Waals surface area contributed by atoms with Gasteiger partial charge in [0.2, 0.25) is 9.84 Å². The molecule has 0 aliphatic rings. The zero-order valence-electron chi connectivity index (χ0n) is 6.47. The SMILES string of the molecule is CC([O])S(=O)(=O)c1ccncc1. The molecule has 0 aromatic carbocycles. The quantitative estimate of drug-likeness (QED) is 0.680. The number of rotatable bonds is 2. The van der Waals surface area contributed by atoms with Gasteiger partial charge in [-0.3, -0.25) is 4.98 Å². The summed E-state index contributed by atoms with van der Waals surface area (Å²) in [6.07, 6.45) is 2.69. The lowest BCUT2D eigenvalue weighted by Gasteiger charge is -2.03. The van der Waals surface area contributed by atoms with Crippen LogP contribution in [0.15, 0.2) is 29.4 Å². The average Bonchev–Trinajstić information content (AvgIpc) is 2.06. The number of aromatic nitrogens is 1. The highest BCUT2D eigenvalue weighted by atomic mass is 32.2. The highest BCUT2D eigenvalue weighted by molar-refractivity contribution is 7.91. The minimum atomic E-state index is -3.67. The number of hydrogen-bond acceptors (Lipinski definition) is 3. The van der Waals surface area contributed by atoms with E-state index < -0.39 is 15.3 Å². The lowest BCUT2D eigenvalue weighted by atomic mass is 10.5. The molecule has 0 saturated heterocycles. The van der Waals surface area contributed by atoms with Gasteiger partial charge in [0.05, 0.1) is 4.90 Å². The van der Waals surface area contributed by atoms with Crippen molar-refractivity contribution in [3.05, 3.63) is 24.5 Å². The molecule has 1 unspecified atom stereocenters. The molecular formula is C7H8NO3S. The summed E-state index contributed by atoms with van der Waals surface area (Å²) in [5.74, 6) is 0. The van der Waals surface area contributed by atoms with E-state index in [2.05, 4.69) is 4.98 Å². The van der Waals surface area contributed by atoms with Crippen LogP contribution >= 0.6 is 0 Å². The summed E-state index contributed by atoms with van der Waals surface area (Å²) < 4.78 is 22.4. The molecule has 5 heteroatoms. The van der Waals surface area contributed by atoms with Crippen LogP contribution in [0.2, 0.25) is 0 Å². The van der Waals surface area contributed by atoms with Crippen molar-refractivity contribution in [3.63, 3.8) is 0 Å². The maximum atomic E-state index is 11.2. The van der Waals surface area contributed by atoms with Gasteiger partial charge in [-0.15, -0.1) is 0 Å².